The van der Waals surface area contributed by atoms with Crippen LogP contribution in [0.3, 0.4) is 0 Å². The fraction of sp³-hybridized carbons (Fsp3) is 0.278. The zero-order valence-corrected chi connectivity index (χ0v) is 16.8. The first-order valence-electron chi connectivity index (χ1n) is 8.25. The third kappa shape index (κ3) is 4.21. The lowest BCUT2D eigenvalue weighted by atomic mass is 10.2. The average molecular weight is 429 g/mol. The monoisotopic (exact) mass is 428 g/mol. The summed E-state index contributed by atoms with van der Waals surface area (Å²) in [5, 5.41) is 3.61. The van der Waals surface area contributed by atoms with Crippen LogP contribution < -0.4 is 10.1 Å². The summed E-state index contributed by atoms with van der Waals surface area (Å²) in [6.07, 6.45) is 1.03. The van der Waals surface area contributed by atoms with Gasteiger partial charge in [-0.05, 0) is 55.3 Å². The van der Waals surface area contributed by atoms with E-state index in [2.05, 4.69) is 5.32 Å². The SMILES string of the molecule is COc1ccc(Cl)cc1NC(=O)C1CCCN1S(=O)(=O)c1ccc(Cl)cc1. The molecular weight excluding hydrogens is 411 g/mol. The number of sulfonamides is 1. The summed E-state index contributed by atoms with van der Waals surface area (Å²) in [5.41, 5.74) is 0.394. The Morgan fingerprint density at radius 3 is 2.48 bits per heavy atom. The smallest absolute Gasteiger partial charge is 0.243 e. The molecule has 9 heteroatoms. The van der Waals surface area contributed by atoms with Crippen LogP contribution in [0, 0.1) is 0 Å². The molecule has 0 bridgehead atoms. The first kappa shape index (κ1) is 19.9. The van der Waals surface area contributed by atoms with Crippen LogP contribution in [0.15, 0.2) is 47.4 Å². The number of benzene rings is 2. The van der Waals surface area contributed by atoms with Crippen molar-refractivity contribution >= 4 is 44.8 Å². The summed E-state index contributed by atoms with van der Waals surface area (Å²) in [5.74, 6) is 0.0171. The maximum atomic E-state index is 12.9. The zero-order chi connectivity index (χ0) is 19.6. The second-order valence-corrected chi connectivity index (χ2v) is 8.82. The van der Waals surface area contributed by atoms with Crippen LogP contribution in [0.25, 0.3) is 0 Å². The molecule has 2 aromatic rings. The van der Waals surface area contributed by atoms with Gasteiger partial charge in [-0.15, -0.1) is 0 Å². The molecule has 1 atom stereocenters. The Hall–Kier alpha value is -1.80. The third-order valence-corrected chi connectivity index (χ3v) is 6.76. The van der Waals surface area contributed by atoms with E-state index in [1.165, 1.54) is 35.7 Å². The number of nitrogens with zero attached hydrogens (tertiary/aromatic N) is 1. The van der Waals surface area contributed by atoms with E-state index in [0.29, 0.717) is 34.3 Å². The standard InChI is InChI=1S/C18H18Cl2N2O4S/c1-26-17-9-6-13(20)11-15(17)21-18(23)16-3-2-10-22(16)27(24,25)14-7-4-12(19)5-8-14/h4-9,11,16H,2-3,10H2,1H3,(H,21,23). The summed E-state index contributed by atoms with van der Waals surface area (Å²) in [7, 11) is -2.33. The molecule has 144 valence electrons. The van der Waals surface area contributed by atoms with Gasteiger partial charge < -0.3 is 10.1 Å². The van der Waals surface area contributed by atoms with Crippen molar-refractivity contribution in [2.75, 3.05) is 19.0 Å². The molecule has 0 radical (unpaired) electrons. The second kappa shape index (κ2) is 8.06. The molecule has 1 fully saturated rings. The number of anilines is 1. The average Bonchev–Trinajstić information content (AvgIpc) is 3.13. The highest BCUT2D eigenvalue weighted by Gasteiger charge is 2.39. The fourth-order valence-electron chi connectivity index (χ4n) is 3.03. The van der Waals surface area contributed by atoms with E-state index in [9.17, 15) is 13.2 Å². The first-order chi connectivity index (χ1) is 12.8. The van der Waals surface area contributed by atoms with Crippen molar-refractivity contribution in [1.29, 1.82) is 0 Å². The van der Waals surface area contributed by atoms with E-state index < -0.39 is 22.0 Å². The van der Waals surface area contributed by atoms with Crippen LogP contribution in [0.4, 0.5) is 5.69 Å². The van der Waals surface area contributed by atoms with E-state index in [1.54, 1.807) is 18.2 Å². The summed E-state index contributed by atoms with van der Waals surface area (Å²) in [6, 6.07) is 9.92. The van der Waals surface area contributed by atoms with Crippen LogP contribution >= 0.6 is 23.2 Å². The predicted octanol–water partition coefficient (Wildman–Crippen LogP) is 3.79. The van der Waals surface area contributed by atoms with Gasteiger partial charge in [-0.2, -0.15) is 4.31 Å². The largest absolute Gasteiger partial charge is 0.495 e. The van der Waals surface area contributed by atoms with Gasteiger partial charge in [0.1, 0.15) is 11.8 Å². The third-order valence-electron chi connectivity index (χ3n) is 4.35. The number of carbonyl (C=O) groups is 1. The number of hydrogen-bond acceptors (Lipinski definition) is 4. The molecule has 0 spiro atoms. The molecule has 6 nitrogen and oxygen atoms in total. The Kier molecular flexibility index (Phi) is 5.95. The molecule has 0 aliphatic carbocycles. The quantitative estimate of drug-likeness (QED) is 0.785. The van der Waals surface area contributed by atoms with E-state index in [0.717, 1.165) is 0 Å². The molecule has 0 saturated carbocycles. The minimum atomic E-state index is -3.81. The Labute approximate surface area is 168 Å². The molecule has 2 aromatic carbocycles. The van der Waals surface area contributed by atoms with Gasteiger partial charge in [0.05, 0.1) is 17.7 Å². The molecule has 1 aliphatic rings. The van der Waals surface area contributed by atoms with Gasteiger partial charge in [-0.1, -0.05) is 23.2 Å². The lowest BCUT2D eigenvalue weighted by Gasteiger charge is -2.24. The number of halogens is 2. The minimum absolute atomic E-state index is 0.104. The van der Waals surface area contributed by atoms with Gasteiger partial charge in [0.25, 0.3) is 0 Å². The van der Waals surface area contributed by atoms with Crippen molar-refractivity contribution in [3.8, 4) is 5.75 Å². The Balaban J connectivity index is 1.85. The van der Waals surface area contributed by atoms with Gasteiger partial charge in [0.15, 0.2) is 0 Å². The van der Waals surface area contributed by atoms with Crippen LogP contribution in [-0.4, -0.2) is 38.3 Å². The summed E-state index contributed by atoms with van der Waals surface area (Å²) < 4.78 is 32.3. The lowest BCUT2D eigenvalue weighted by Crippen LogP contribution is -2.43. The number of nitrogens with one attached hydrogen (secondary N) is 1. The molecule has 1 heterocycles. The normalized spacial score (nSPS) is 17.7. The number of rotatable bonds is 5. The molecule has 0 aromatic heterocycles. The van der Waals surface area contributed by atoms with Crippen LogP contribution in [0.5, 0.6) is 5.75 Å². The van der Waals surface area contributed by atoms with Gasteiger partial charge in [0.2, 0.25) is 15.9 Å². The Morgan fingerprint density at radius 1 is 1.15 bits per heavy atom. The molecule has 1 unspecified atom stereocenters. The summed E-state index contributed by atoms with van der Waals surface area (Å²) in [6.45, 7) is 0.274. The Morgan fingerprint density at radius 2 is 1.81 bits per heavy atom. The highest BCUT2D eigenvalue weighted by atomic mass is 35.5. The lowest BCUT2D eigenvalue weighted by molar-refractivity contribution is -0.119. The van der Waals surface area contributed by atoms with Crippen molar-refractivity contribution < 1.29 is 17.9 Å². The maximum absolute atomic E-state index is 12.9. The Bertz CT molecular complexity index is 948. The topological polar surface area (TPSA) is 75.7 Å². The molecule has 27 heavy (non-hydrogen) atoms. The maximum Gasteiger partial charge on any atom is 0.243 e. The van der Waals surface area contributed by atoms with Gasteiger partial charge >= 0.3 is 0 Å². The van der Waals surface area contributed by atoms with Gasteiger partial charge in [-0.3, -0.25) is 4.79 Å². The van der Waals surface area contributed by atoms with Gasteiger partial charge in [0, 0.05) is 16.6 Å². The molecular formula is C18H18Cl2N2O4S. The second-order valence-electron chi connectivity index (χ2n) is 6.06. The van der Waals surface area contributed by atoms with Crippen molar-refractivity contribution in [2.45, 2.75) is 23.8 Å². The van der Waals surface area contributed by atoms with Gasteiger partial charge in [-0.25, -0.2) is 8.42 Å². The number of ether oxygens (including phenoxy) is 1. The molecule has 1 saturated heterocycles. The number of carbonyl (C=O) groups excluding carboxylic acids is 1. The number of hydrogen-bond donors (Lipinski definition) is 1. The molecule has 1 N–H and O–H groups in total. The highest BCUT2D eigenvalue weighted by Crippen LogP contribution is 2.31. The molecule has 1 aliphatic heterocycles. The van der Waals surface area contributed by atoms with E-state index in [4.69, 9.17) is 27.9 Å². The van der Waals surface area contributed by atoms with Crippen LogP contribution in [0.2, 0.25) is 10.0 Å². The van der Waals surface area contributed by atoms with Crippen LogP contribution in [0.1, 0.15) is 12.8 Å². The fourth-order valence-corrected chi connectivity index (χ4v) is 4.98. The van der Waals surface area contributed by atoms with Crippen molar-refractivity contribution in [1.82, 2.24) is 4.31 Å². The highest BCUT2D eigenvalue weighted by molar-refractivity contribution is 7.89. The van der Waals surface area contributed by atoms with E-state index >= 15 is 0 Å². The summed E-state index contributed by atoms with van der Waals surface area (Å²) in [4.78, 5) is 12.9. The van der Waals surface area contributed by atoms with E-state index in [-0.39, 0.29) is 11.4 Å². The van der Waals surface area contributed by atoms with Crippen molar-refractivity contribution in [2.24, 2.45) is 0 Å². The zero-order valence-electron chi connectivity index (χ0n) is 14.5. The van der Waals surface area contributed by atoms with Crippen LogP contribution in [-0.2, 0) is 14.8 Å². The number of amides is 1. The number of methoxy groups -OCH3 is 1. The molecule has 3 rings (SSSR count). The predicted molar refractivity (Wildman–Crippen MR) is 105 cm³/mol. The minimum Gasteiger partial charge on any atom is -0.495 e. The first-order valence-corrected chi connectivity index (χ1v) is 10.4. The molecule has 1 amide bonds. The van der Waals surface area contributed by atoms with E-state index in [1.807, 2.05) is 0 Å². The summed E-state index contributed by atoms with van der Waals surface area (Å²) >= 11 is 11.8. The van der Waals surface area contributed by atoms with Crippen molar-refractivity contribution in [3.05, 3.63) is 52.5 Å². The van der Waals surface area contributed by atoms with Crippen molar-refractivity contribution in [3.63, 3.8) is 0 Å².